The van der Waals surface area contributed by atoms with Gasteiger partial charge >= 0.3 is 6.03 Å². The van der Waals surface area contributed by atoms with E-state index in [1.807, 2.05) is 0 Å². The first-order valence-electron chi connectivity index (χ1n) is 3.95. The third-order valence-electron chi connectivity index (χ3n) is 1.40. The van der Waals surface area contributed by atoms with E-state index in [1.54, 1.807) is 0 Å². The van der Waals surface area contributed by atoms with Gasteiger partial charge in [0.1, 0.15) is 0 Å². The van der Waals surface area contributed by atoms with E-state index in [9.17, 15) is 4.79 Å². The third kappa shape index (κ3) is 9.49. The lowest BCUT2D eigenvalue weighted by Crippen LogP contribution is -2.31. The van der Waals surface area contributed by atoms with Crippen molar-refractivity contribution < 1.29 is 4.79 Å². The number of primary amides is 1. The zero-order valence-electron chi connectivity index (χ0n) is 7.61. The molecular formula is C7H18N2OSi. The van der Waals surface area contributed by atoms with Crippen LogP contribution < -0.4 is 11.1 Å². The number of urea groups is 1. The first kappa shape index (κ1) is 10.5. The molecule has 66 valence electrons. The molecule has 0 fully saturated rings. The van der Waals surface area contributed by atoms with Crippen molar-refractivity contribution >= 4 is 14.1 Å². The first-order valence-corrected chi connectivity index (χ1v) is 7.66. The van der Waals surface area contributed by atoms with E-state index in [0.29, 0.717) is 0 Å². The Balaban J connectivity index is 3.22. The molecule has 0 radical (unpaired) electrons. The number of carbonyl (C=O) groups is 1. The number of nitrogens with one attached hydrogen (secondary N) is 1. The summed E-state index contributed by atoms with van der Waals surface area (Å²) in [6, 6.07) is 0.827. The summed E-state index contributed by atoms with van der Waals surface area (Å²) >= 11 is 0. The molecule has 0 aliphatic rings. The highest BCUT2D eigenvalue weighted by molar-refractivity contribution is 6.76. The van der Waals surface area contributed by atoms with Crippen molar-refractivity contribution in [2.45, 2.75) is 32.1 Å². The minimum absolute atomic E-state index is 0.416. The second-order valence-electron chi connectivity index (χ2n) is 3.96. The lowest BCUT2D eigenvalue weighted by molar-refractivity contribution is 0.249. The van der Waals surface area contributed by atoms with E-state index in [4.69, 9.17) is 5.73 Å². The van der Waals surface area contributed by atoms with Crippen molar-refractivity contribution in [2.75, 3.05) is 6.54 Å². The fourth-order valence-electron chi connectivity index (χ4n) is 0.830. The molecule has 0 unspecified atom stereocenters. The van der Waals surface area contributed by atoms with Gasteiger partial charge in [-0.15, -0.1) is 0 Å². The summed E-state index contributed by atoms with van der Waals surface area (Å²) in [7, 11) is -0.921. The molecule has 0 bridgehead atoms. The van der Waals surface area contributed by atoms with Crippen LogP contribution in [0.1, 0.15) is 6.42 Å². The van der Waals surface area contributed by atoms with Gasteiger partial charge in [0.25, 0.3) is 0 Å². The second-order valence-corrected chi connectivity index (χ2v) is 9.58. The Hall–Kier alpha value is -0.513. The molecule has 4 heteroatoms. The third-order valence-corrected chi connectivity index (χ3v) is 3.26. The summed E-state index contributed by atoms with van der Waals surface area (Å²) in [5, 5.41) is 2.58. The Morgan fingerprint density at radius 3 is 2.36 bits per heavy atom. The van der Waals surface area contributed by atoms with Crippen molar-refractivity contribution in [3.05, 3.63) is 0 Å². The summed E-state index contributed by atoms with van der Waals surface area (Å²) in [6.07, 6.45) is 1.05. The van der Waals surface area contributed by atoms with Crippen LogP contribution in [0.5, 0.6) is 0 Å². The minimum Gasteiger partial charge on any atom is -0.352 e. The normalized spacial score (nSPS) is 11.2. The maximum atomic E-state index is 10.2. The SMILES string of the molecule is C[Si](C)(C)CCCNC(N)=O. The molecule has 3 N–H and O–H groups in total. The smallest absolute Gasteiger partial charge is 0.312 e. The maximum Gasteiger partial charge on any atom is 0.312 e. The Morgan fingerprint density at radius 2 is 2.00 bits per heavy atom. The summed E-state index contributed by atoms with van der Waals surface area (Å²) in [5.74, 6) is 0. The number of amides is 2. The molecule has 11 heavy (non-hydrogen) atoms. The average molecular weight is 174 g/mol. The number of hydrogen-bond donors (Lipinski definition) is 2. The van der Waals surface area contributed by atoms with E-state index < -0.39 is 14.1 Å². The largest absolute Gasteiger partial charge is 0.352 e. The van der Waals surface area contributed by atoms with Crippen molar-refractivity contribution in [1.29, 1.82) is 0 Å². The van der Waals surface area contributed by atoms with Crippen molar-refractivity contribution in [2.24, 2.45) is 5.73 Å². The topological polar surface area (TPSA) is 55.1 Å². The predicted octanol–water partition coefficient (Wildman–Crippen LogP) is 1.38. The summed E-state index contributed by atoms with van der Waals surface area (Å²) in [4.78, 5) is 10.2. The zero-order chi connectivity index (χ0) is 8.91. The highest BCUT2D eigenvalue weighted by atomic mass is 28.3. The molecule has 0 atom stereocenters. The van der Waals surface area contributed by atoms with Gasteiger partial charge in [0, 0.05) is 14.6 Å². The molecule has 0 rings (SSSR count). The molecule has 2 amide bonds. The standard InChI is InChI=1S/C7H18N2OSi/c1-11(2,3)6-4-5-9-7(8)10/h4-6H2,1-3H3,(H3,8,9,10). The second kappa shape index (κ2) is 4.38. The predicted molar refractivity (Wildman–Crippen MR) is 50.4 cm³/mol. The molecule has 0 spiro atoms. The molecule has 0 heterocycles. The Morgan fingerprint density at radius 1 is 1.45 bits per heavy atom. The summed E-state index contributed by atoms with van der Waals surface area (Å²) < 4.78 is 0. The molecule has 0 saturated heterocycles. The van der Waals surface area contributed by atoms with E-state index >= 15 is 0 Å². The summed E-state index contributed by atoms with van der Waals surface area (Å²) in [5.41, 5.74) is 4.90. The van der Waals surface area contributed by atoms with Crippen molar-refractivity contribution in [1.82, 2.24) is 5.32 Å². The van der Waals surface area contributed by atoms with E-state index in [2.05, 4.69) is 25.0 Å². The van der Waals surface area contributed by atoms with Gasteiger partial charge in [0.15, 0.2) is 0 Å². The number of hydrogen-bond acceptors (Lipinski definition) is 1. The van der Waals surface area contributed by atoms with Crippen LogP contribution in [-0.2, 0) is 0 Å². The Kier molecular flexibility index (Phi) is 4.18. The fourth-order valence-corrected chi connectivity index (χ4v) is 2.07. The van der Waals surface area contributed by atoms with Crippen molar-refractivity contribution in [3.63, 3.8) is 0 Å². The van der Waals surface area contributed by atoms with Gasteiger partial charge in [-0.1, -0.05) is 25.7 Å². The van der Waals surface area contributed by atoms with Crippen LogP contribution in [-0.4, -0.2) is 20.6 Å². The maximum absolute atomic E-state index is 10.2. The highest BCUT2D eigenvalue weighted by Gasteiger charge is 2.11. The first-order chi connectivity index (χ1) is 4.92. The van der Waals surface area contributed by atoms with Crippen LogP contribution in [0.15, 0.2) is 0 Å². The van der Waals surface area contributed by atoms with Gasteiger partial charge in [0.05, 0.1) is 0 Å². The van der Waals surface area contributed by atoms with E-state index in [-0.39, 0.29) is 0 Å². The lowest BCUT2D eigenvalue weighted by atomic mass is 10.5. The Bertz CT molecular complexity index is 131. The van der Waals surface area contributed by atoms with Crippen LogP contribution in [0.4, 0.5) is 4.79 Å². The van der Waals surface area contributed by atoms with Crippen LogP contribution >= 0.6 is 0 Å². The lowest BCUT2D eigenvalue weighted by Gasteiger charge is -2.14. The Labute approximate surface area is 69.4 Å². The monoisotopic (exact) mass is 174 g/mol. The molecular weight excluding hydrogens is 156 g/mol. The zero-order valence-corrected chi connectivity index (χ0v) is 8.61. The quantitative estimate of drug-likeness (QED) is 0.491. The molecule has 0 saturated carbocycles. The van der Waals surface area contributed by atoms with Gasteiger partial charge in [-0.05, 0) is 6.42 Å². The van der Waals surface area contributed by atoms with Crippen LogP contribution in [0.25, 0.3) is 0 Å². The van der Waals surface area contributed by atoms with E-state index in [1.165, 1.54) is 6.04 Å². The van der Waals surface area contributed by atoms with Crippen LogP contribution in [0.2, 0.25) is 25.7 Å². The number of nitrogens with two attached hydrogens (primary N) is 1. The van der Waals surface area contributed by atoms with Crippen LogP contribution in [0.3, 0.4) is 0 Å². The number of rotatable bonds is 4. The fraction of sp³-hybridized carbons (Fsp3) is 0.857. The molecule has 0 aliphatic heterocycles. The molecule has 0 aromatic carbocycles. The van der Waals surface area contributed by atoms with Crippen LogP contribution in [0, 0.1) is 0 Å². The highest BCUT2D eigenvalue weighted by Crippen LogP contribution is 2.09. The molecule has 3 nitrogen and oxygen atoms in total. The average Bonchev–Trinajstić information content (AvgIpc) is 1.78. The summed E-state index contributed by atoms with van der Waals surface area (Å²) in [6.45, 7) is 7.67. The van der Waals surface area contributed by atoms with Gasteiger partial charge in [-0.2, -0.15) is 0 Å². The number of carbonyl (C=O) groups excluding carboxylic acids is 1. The van der Waals surface area contributed by atoms with E-state index in [0.717, 1.165) is 13.0 Å². The molecule has 0 aromatic heterocycles. The molecule has 0 aromatic rings. The van der Waals surface area contributed by atoms with Gasteiger partial charge in [0.2, 0.25) is 0 Å². The minimum atomic E-state index is -0.921. The van der Waals surface area contributed by atoms with Gasteiger partial charge in [-0.3, -0.25) is 0 Å². The molecule has 0 aliphatic carbocycles. The van der Waals surface area contributed by atoms with Gasteiger partial charge < -0.3 is 11.1 Å². The van der Waals surface area contributed by atoms with Crippen molar-refractivity contribution in [3.8, 4) is 0 Å². The van der Waals surface area contributed by atoms with Gasteiger partial charge in [-0.25, -0.2) is 4.79 Å².